The van der Waals surface area contributed by atoms with Crippen molar-refractivity contribution in [3.05, 3.63) is 35.5 Å². The summed E-state index contributed by atoms with van der Waals surface area (Å²) in [4.78, 5) is 33.5. The van der Waals surface area contributed by atoms with Crippen molar-refractivity contribution >= 4 is 22.8 Å². The molecule has 1 aromatic carbocycles. The molecule has 1 saturated heterocycles. The minimum absolute atomic E-state index is 0.0317. The molecule has 7 heteroatoms. The van der Waals surface area contributed by atoms with E-state index < -0.39 is 6.04 Å². The lowest BCUT2D eigenvalue weighted by atomic mass is 9.96. The molecule has 1 fully saturated rings. The third-order valence-corrected chi connectivity index (χ3v) is 6.01. The van der Waals surface area contributed by atoms with Crippen molar-refractivity contribution in [2.75, 3.05) is 46.9 Å². The maximum atomic E-state index is 13.1. The van der Waals surface area contributed by atoms with Gasteiger partial charge in [-0.15, -0.1) is 0 Å². The Morgan fingerprint density at radius 3 is 2.70 bits per heavy atom. The summed E-state index contributed by atoms with van der Waals surface area (Å²) in [6.07, 6.45) is 0.500. The van der Waals surface area contributed by atoms with Crippen LogP contribution in [0.5, 0.6) is 0 Å². The van der Waals surface area contributed by atoms with Gasteiger partial charge in [0.1, 0.15) is 32.2 Å². The summed E-state index contributed by atoms with van der Waals surface area (Å²) >= 11 is 0. The molecule has 2 aliphatic heterocycles. The Balaban J connectivity index is 1.58. The fourth-order valence-corrected chi connectivity index (χ4v) is 4.34. The molecule has 7 nitrogen and oxygen atoms in total. The van der Waals surface area contributed by atoms with Crippen molar-refractivity contribution in [3.8, 4) is 0 Å². The van der Waals surface area contributed by atoms with Crippen LogP contribution in [0.15, 0.2) is 24.3 Å². The van der Waals surface area contributed by atoms with E-state index in [-0.39, 0.29) is 11.9 Å². The molecule has 0 unspecified atom stereocenters. The highest BCUT2D eigenvalue weighted by Crippen LogP contribution is 2.30. The van der Waals surface area contributed by atoms with E-state index in [0.717, 1.165) is 48.3 Å². The monoisotopic (exact) mass is 372 g/mol. The van der Waals surface area contributed by atoms with Crippen LogP contribution in [0.1, 0.15) is 11.3 Å². The normalized spacial score (nSPS) is 25.3. The van der Waals surface area contributed by atoms with Crippen molar-refractivity contribution in [2.24, 2.45) is 0 Å². The van der Waals surface area contributed by atoms with Crippen LogP contribution < -0.4 is 9.80 Å². The van der Waals surface area contributed by atoms with E-state index in [2.05, 4.69) is 18.1 Å². The number of hydrogen-bond donors (Lipinski definition) is 3. The van der Waals surface area contributed by atoms with Crippen LogP contribution in [0.3, 0.4) is 0 Å². The molecular weight excluding hydrogens is 344 g/mol. The summed E-state index contributed by atoms with van der Waals surface area (Å²) in [5.41, 5.74) is 3.20. The molecule has 0 aliphatic carbocycles. The Kier molecular flexibility index (Phi) is 4.88. The molecular formula is C20H28N4O3+2. The second-order valence-electron chi connectivity index (χ2n) is 7.78. The number of hydrogen-bond acceptors (Lipinski definition) is 3. The number of amides is 1. The van der Waals surface area contributed by atoms with E-state index in [4.69, 9.17) is 4.74 Å². The Morgan fingerprint density at radius 1 is 1.22 bits per heavy atom. The van der Waals surface area contributed by atoms with Gasteiger partial charge in [0.15, 0.2) is 6.54 Å². The van der Waals surface area contributed by atoms with Gasteiger partial charge in [0.05, 0.1) is 20.7 Å². The molecule has 0 spiro atoms. The molecule has 2 aliphatic rings. The number of methoxy groups -OCH3 is 1. The largest absolute Gasteiger partial charge is 0.467 e. The smallest absolute Gasteiger partial charge is 0.328 e. The third-order valence-electron chi connectivity index (χ3n) is 6.01. The average Bonchev–Trinajstić information content (AvgIpc) is 3.05. The number of aromatic amines is 1. The van der Waals surface area contributed by atoms with Gasteiger partial charge in [-0.3, -0.25) is 4.79 Å². The van der Waals surface area contributed by atoms with Gasteiger partial charge in [0.2, 0.25) is 0 Å². The fraction of sp³-hybridized carbons (Fsp3) is 0.500. The highest BCUT2D eigenvalue weighted by atomic mass is 16.5. The van der Waals surface area contributed by atoms with Crippen molar-refractivity contribution in [1.82, 2.24) is 9.88 Å². The first-order valence-electron chi connectivity index (χ1n) is 9.67. The zero-order valence-corrected chi connectivity index (χ0v) is 16.0. The summed E-state index contributed by atoms with van der Waals surface area (Å²) in [6.45, 7) is 5.01. The Hall–Kier alpha value is -2.38. The minimum atomic E-state index is -0.549. The van der Waals surface area contributed by atoms with E-state index >= 15 is 0 Å². The molecule has 1 amide bonds. The first-order chi connectivity index (χ1) is 13.1. The van der Waals surface area contributed by atoms with Crippen molar-refractivity contribution in [1.29, 1.82) is 0 Å². The van der Waals surface area contributed by atoms with Crippen LogP contribution in [-0.4, -0.2) is 74.7 Å². The quantitative estimate of drug-likeness (QED) is 0.547. The highest BCUT2D eigenvalue weighted by Gasteiger charge is 2.38. The van der Waals surface area contributed by atoms with Gasteiger partial charge in [-0.2, -0.15) is 0 Å². The first-order valence-corrected chi connectivity index (χ1v) is 9.67. The number of quaternary nitrogens is 2. The fourth-order valence-electron chi connectivity index (χ4n) is 4.34. The Bertz CT molecular complexity index is 854. The lowest BCUT2D eigenvalue weighted by Gasteiger charge is -2.35. The second-order valence-corrected chi connectivity index (χ2v) is 7.78. The van der Waals surface area contributed by atoms with Crippen LogP contribution in [-0.2, 0) is 27.3 Å². The molecule has 1 atom stereocenters. The molecule has 0 saturated carbocycles. The number of esters is 1. The maximum Gasteiger partial charge on any atom is 0.328 e. The van der Waals surface area contributed by atoms with Crippen molar-refractivity contribution in [2.45, 2.75) is 19.0 Å². The van der Waals surface area contributed by atoms with Crippen LogP contribution in [0, 0.1) is 0 Å². The van der Waals surface area contributed by atoms with E-state index in [0.29, 0.717) is 19.5 Å². The van der Waals surface area contributed by atoms with E-state index in [9.17, 15) is 9.59 Å². The molecule has 3 heterocycles. The summed E-state index contributed by atoms with van der Waals surface area (Å²) in [5, 5.41) is 1.13. The minimum Gasteiger partial charge on any atom is -0.467 e. The SMILES string of the molecule is COC(=O)[C@H]1Cc2c([nH]c3ccccc23)CN1C(=O)C[NH+]1CC[NH+](C)CC1. The predicted octanol–water partition coefficient (Wildman–Crippen LogP) is -1.99. The molecule has 27 heavy (non-hydrogen) atoms. The number of H-pyrrole nitrogens is 1. The first kappa shape index (κ1) is 18.0. The van der Waals surface area contributed by atoms with Gasteiger partial charge in [0, 0.05) is 23.0 Å². The number of rotatable bonds is 3. The van der Waals surface area contributed by atoms with Crippen LogP contribution in [0.2, 0.25) is 0 Å². The molecule has 0 radical (unpaired) electrons. The van der Waals surface area contributed by atoms with Crippen molar-refractivity contribution < 1.29 is 24.1 Å². The zero-order chi connectivity index (χ0) is 19.0. The number of aromatic nitrogens is 1. The van der Waals surface area contributed by atoms with Gasteiger partial charge in [-0.05, 0) is 11.6 Å². The highest BCUT2D eigenvalue weighted by molar-refractivity contribution is 5.90. The molecule has 0 bridgehead atoms. The van der Waals surface area contributed by atoms with Gasteiger partial charge in [-0.25, -0.2) is 4.79 Å². The number of carbonyl (C=O) groups is 2. The number of benzene rings is 1. The predicted molar refractivity (Wildman–Crippen MR) is 101 cm³/mol. The number of likely N-dealkylation sites (N-methyl/N-ethyl adjacent to an activating group) is 1. The van der Waals surface area contributed by atoms with Crippen molar-refractivity contribution in [3.63, 3.8) is 0 Å². The lowest BCUT2D eigenvalue weighted by Crippen LogP contribution is -3.27. The summed E-state index contributed by atoms with van der Waals surface area (Å²) in [5.74, 6) is -0.304. The topological polar surface area (TPSA) is 71.3 Å². The number of ether oxygens (including phenoxy) is 1. The third kappa shape index (κ3) is 3.44. The van der Waals surface area contributed by atoms with Gasteiger partial charge >= 0.3 is 5.97 Å². The summed E-state index contributed by atoms with van der Waals surface area (Å²) in [6, 6.07) is 7.53. The number of para-hydroxylation sites is 1. The van der Waals surface area contributed by atoms with E-state index in [1.54, 1.807) is 4.90 Å². The van der Waals surface area contributed by atoms with E-state index in [1.807, 2.05) is 18.2 Å². The standard InChI is InChI=1S/C20H26N4O3/c1-22-7-9-23(10-8-22)13-19(25)24-12-17-15(11-18(24)20(26)27-2)14-5-3-4-6-16(14)21-17/h3-6,18,21H,7-13H2,1-2H3/p+2/t18-/m1/s1. The molecule has 4 rings (SSSR count). The summed E-state index contributed by atoms with van der Waals surface area (Å²) < 4.78 is 5.02. The Labute approximate surface area is 158 Å². The number of nitrogens with one attached hydrogen (secondary N) is 3. The van der Waals surface area contributed by atoms with Crippen LogP contribution in [0.4, 0.5) is 0 Å². The number of carbonyl (C=O) groups excluding carboxylic acids is 2. The summed E-state index contributed by atoms with van der Waals surface area (Å²) in [7, 11) is 3.58. The van der Waals surface area contributed by atoms with Crippen LogP contribution in [0.25, 0.3) is 10.9 Å². The molecule has 3 N–H and O–H groups in total. The van der Waals surface area contributed by atoms with Gasteiger partial charge in [-0.1, -0.05) is 18.2 Å². The number of piperazine rings is 1. The average molecular weight is 372 g/mol. The number of fused-ring (bicyclic) bond motifs is 3. The molecule has 144 valence electrons. The number of nitrogens with zero attached hydrogens (tertiary/aromatic N) is 1. The lowest BCUT2D eigenvalue weighted by molar-refractivity contribution is -1.000. The maximum absolute atomic E-state index is 13.1. The Morgan fingerprint density at radius 2 is 1.96 bits per heavy atom. The van der Waals surface area contributed by atoms with Gasteiger partial charge in [0.25, 0.3) is 5.91 Å². The molecule has 2 aromatic rings. The zero-order valence-electron chi connectivity index (χ0n) is 16.0. The van der Waals surface area contributed by atoms with E-state index in [1.165, 1.54) is 16.9 Å². The molecule has 1 aromatic heterocycles. The van der Waals surface area contributed by atoms with Crippen LogP contribution >= 0.6 is 0 Å². The van der Waals surface area contributed by atoms with Gasteiger partial charge < -0.3 is 24.4 Å². The second kappa shape index (κ2) is 7.32.